The molecule has 0 saturated carbocycles. The number of ether oxygens (including phenoxy) is 1. The van der Waals surface area contributed by atoms with E-state index in [1.165, 1.54) is 0 Å². The molecule has 2 fully saturated rings. The van der Waals surface area contributed by atoms with Crippen molar-refractivity contribution in [2.24, 2.45) is 0 Å². The Bertz CT molecular complexity index is 165. The van der Waals surface area contributed by atoms with Gasteiger partial charge in [0, 0.05) is 6.42 Å². The summed E-state index contributed by atoms with van der Waals surface area (Å²) in [4.78, 5) is 12.7. The van der Waals surface area contributed by atoms with Gasteiger partial charge in [-0.2, -0.15) is 0 Å². The smallest absolute Gasteiger partial charge is 0.410 e. The Labute approximate surface area is 60.0 Å². The van der Waals surface area contributed by atoms with Gasteiger partial charge in [-0.3, -0.25) is 4.90 Å². The molecule has 0 aromatic rings. The van der Waals surface area contributed by atoms with Crippen LogP contribution in [0.4, 0.5) is 4.79 Å². The minimum atomic E-state index is -0.108. The van der Waals surface area contributed by atoms with Crippen LogP contribution in [0.2, 0.25) is 0 Å². The van der Waals surface area contributed by atoms with Gasteiger partial charge in [0.15, 0.2) is 0 Å². The van der Waals surface area contributed by atoms with Crippen LogP contribution in [-0.2, 0) is 4.74 Å². The lowest BCUT2D eigenvalue weighted by Crippen LogP contribution is -2.22. The van der Waals surface area contributed by atoms with Crippen molar-refractivity contribution in [1.82, 2.24) is 4.90 Å². The highest BCUT2D eigenvalue weighted by atomic mass is 16.6. The quantitative estimate of drug-likeness (QED) is 0.509. The third-order valence-electron chi connectivity index (χ3n) is 2.34. The number of rotatable bonds is 1. The van der Waals surface area contributed by atoms with Crippen molar-refractivity contribution in [1.29, 1.82) is 0 Å². The molecule has 0 bridgehead atoms. The normalized spacial score (nSPS) is 36.9. The molecule has 0 spiro atoms. The van der Waals surface area contributed by atoms with Crippen LogP contribution in [-0.4, -0.2) is 29.7 Å². The first-order chi connectivity index (χ1) is 4.84. The summed E-state index contributed by atoms with van der Waals surface area (Å²) < 4.78 is 4.85. The first-order valence-electron chi connectivity index (χ1n) is 3.79. The Hall–Kier alpha value is -0.730. The molecular formula is C7H11NO2. The summed E-state index contributed by atoms with van der Waals surface area (Å²) in [5.41, 5.74) is 0. The highest BCUT2D eigenvalue weighted by molar-refractivity contribution is 5.73. The zero-order chi connectivity index (χ0) is 7.14. The van der Waals surface area contributed by atoms with Crippen LogP contribution >= 0.6 is 0 Å². The SMILES string of the molecule is CC[C@@H]1[C@H]2CCOC(=O)N12. The second-order valence-corrected chi connectivity index (χ2v) is 2.85. The topological polar surface area (TPSA) is 29.3 Å². The summed E-state index contributed by atoms with van der Waals surface area (Å²) in [6.45, 7) is 2.73. The molecule has 2 aliphatic heterocycles. The summed E-state index contributed by atoms with van der Waals surface area (Å²) >= 11 is 0. The van der Waals surface area contributed by atoms with Crippen LogP contribution in [0.1, 0.15) is 19.8 Å². The van der Waals surface area contributed by atoms with Crippen LogP contribution in [0.15, 0.2) is 0 Å². The first kappa shape index (κ1) is 6.01. The molecule has 0 unspecified atom stereocenters. The summed E-state index contributed by atoms with van der Waals surface area (Å²) in [6.07, 6.45) is 1.99. The largest absolute Gasteiger partial charge is 0.449 e. The van der Waals surface area contributed by atoms with Crippen LogP contribution in [0.5, 0.6) is 0 Å². The second-order valence-electron chi connectivity index (χ2n) is 2.85. The maximum Gasteiger partial charge on any atom is 0.410 e. The summed E-state index contributed by atoms with van der Waals surface area (Å²) in [6, 6.07) is 1.02. The molecule has 3 heteroatoms. The van der Waals surface area contributed by atoms with Crippen molar-refractivity contribution < 1.29 is 9.53 Å². The van der Waals surface area contributed by atoms with Gasteiger partial charge in [0.25, 0.3) is 0 Å². The van der Waals surface area contributed by atoms with E-state index in [-0.39, 0.29) is 6.09 Å². The average Bonchev–Trinajstić information content (AvgIpc) is 2.63. The Morgan fingerprint density at radius 2 is 2.60 bits per heavy atom. The van der Waals surface area contributed by atoms with E-state index in [4.69, 9.17) is 4.74 Å². The fraction of sp³-hybridized carbons (Fsp3) is 0.857. The van der Waals surface area contributed by atoms with Crippen LogP contribution in [0.3, 0.4) is 0 Å². The lowest BCUT2D eigenvalue weighted by molar-refractivity contribution is 0.109. The van der Waals surface area contributed by atoms with Gasteiger partial charge in [0.05, 0.1) is 18.7 Å². The fourth-order valence-electron chi connectivity index (χ4n) is 1.75. The predicted molar refractivity (Wildman–Crippen MR) is 35.7 cm³/mol. The second kappa shape index (κ2) is 1.87. The average molecular weight is 141 g/mol. The number of fused-ring (bicyclic) bond motifs is 1. The number of cyclic esters (lactones) is 1. The molecule has 0 aromatic carbocycles. The summed E-state index contributed by atoms with van der Waals surface area (Å²) in [5, 5.41) is 0. The van der Waals surface area contributed by atoms with E-state index in [0.29, 0.717) is 18.7 Å². The van der Waals surface area contributed by atoms with Gasteiger partial charge in [0.2, 0.25) is 0 Å². The molecule has 0 radical (unpaired) electrons. The number of nitrogens with zero attached hydrogens (tertiary/aromatic N) is 1. The number of hydrogen-bond donors (Lipinski definition) is 0. The maximum atomic E-state index is 10.9. The molecule has 2 aliphatic rings. The van der Waals surface area contributed by atoms with E-state index in [2.05, 4.69) is 6.92 Å². The van der Waals surface area contributed by atoms with Crippen molar-refractivity contribution in [2.45, 2.75) is 31.8 Å². The maximum absolute atomic E-state index is 10.9. The Kier molecular flexibility index (Phi) is 1.13. The number of amides is 1. The molecule has 2 heterocycles. The molecule has 56 valence electrons. The predicted octanol–water partition coefficient (Wildman–Crippen LogP) is 0.990. The molecule has 3 nitrogen and oxygen atoms in total. The summed E-state index contributed by atoms with van der Waals surface area (Å²) in [5.74, 6) is 0. The van der Waals surface area contributed by atoms with E-state index in [0.717, 1.165) is 12.8 Å². The van der Waals surface area contributed by atoms with Gasteiger partial charge < -0.3 is 4.74 Å². The van der Waals surface area contributed by atoms with Gasteiger partial charge in [-0.1, -0.05) is 6.92 Å². The minimum Gasteiger partial charge on any atom is -0.449 e. The van der Waals surface area contributed by atoms with Gasteiger partial charge >= 0.3 is 6.09 Å². The third-order valence-corrected chi connectivity index (χ3v) is 2.34. The van der Waals surface area contributed by atoms with Crippen molar-refractivity contribution in [2.75, 3.05) is 6.61 Å². The van der Waals surface area contributed by atoms with Crippen molar-refractivity contribution >= 4 is 6.09 Å². The van der Waals surface area contributed by atoms with Gasteiger partial charge in [0.1, 0.15) is 0 Å². The van der Waals surface area contributed by atoms with Crippen LogP contribution in [0, 0.1) is 0 Å². The number of hydrogen-bond acceptors (Lipinski definition) is 2. The monoisotopic (exact) mass is 141 g/mol. The molecule has 2 atom stereocenters. The van der Waals surface area contributed by atoms with E-state index in [1.807, 2.05) is 4.90 Å². The lowest BCUT2D eigenvalue weighted by Gasteiger charge is -2.10. The number of carbonyl (C=O) groups is 1. The summed E-state index contributed by atoms with van der Waals surface area (Å²) in [7, 11) is 0. The first-order valence-corrected chi connectivity index (χ1v) is 3.79. The molecule has 2 rings (SSSR count). The molecule has 0 aromatic heterocycles. The molecule has 0 N–H and O–H groups in total. The molecule has 1 amide bonds. The van der Waals surface area contributed by atoms with E-state index in [9.17, 15) is 4.79 Å². The highest BCUT2D eigenvalue weighted by Gasteiger charge is 2.52. The van der Waals surface area contributed by atoms with Crippen molar-refractivity contribution in [3.8, 4) is 0 Å². The molecule has 0 aliphatic carbocycles. The Morgan fingerprint density at radius 3 is 3.20 bits per heavy atom. The lowest BCUT2D eigenvalue weighted by atomic mass is 10.2. The molecule has 2 saturated heterocycles. The Balaban J connectivity index is 2.04. The zero-order valence-corrected chi connectivity index (χ0v) is 6.04. The van der Waals surface area contributed by atoms with E-state index >= 15 is 0 Å². The third kappa shape index (κ3) is 0.632. The van der Waals surface area contributed by atoms with Gasteiger partial charge in [-0.15, -0.1) is 0 Å². The minimum absolute atomic E-state index is 0.108. The van der Waals surface area contributed by atoms with E-state index in [1.54, 1.807) is 0 Å². The standard InChI is InChI=1S/C7H11NO2/c1-2-5-6-3-4-10-7(9)8(5)6/h5-6H,2-4H2,1H3/t5-,6-,8?/m1/s1. The molecule has 10 heavy (non-hydrogen) atoms. The van der Waals surface area contributed by atoms with Gasteiger partial charge in [-0.25, -0.2) is 4.79 Å². The zero-order valence-electron chi connectivity index (χ0n) is 6.04. The van der Waals surface area contributed by atoms with Crippen molar-refractivity contribution in [3.63, 3.8) is 0 Å². The van der Waals surface area contributed by atoms with E-state index < -0.39 is 0 Å². The van der Waals surface area contributed by atoms with Crippen LogP contribution < -0.4 is 0 Å². The van der Waals surface area contributed by atoms with Crippen LogP contribution in [0.25, 0.3) is 0 Å². The Morgan fingerprint density at radius 1 is 1.80 bits per heavy atom. The fourth-order valence-corrected chi connectivity index (χ4v) is 1.75. The van der Waals surface area contributed by atoms with Crippen molar-refractivity contribution in [3.05, 3.63) is 0 Å². The van der Waals surface area contributed by atoms with Gasteiger partial charge in [-0.05, 0) is 6.42 Å². The number of carbonyl (C=O) groups excluding carboxylic acids is 1. The highest BCUT2D eigenvalue weighted by Crippen LogP contribution is 2.36. The molecular weight excluding hydrogens is 130 g/mol.